The number of ether oxygens (including phenoxy) is 1. The monoisotopic (exact) mass is 446 g/mol. The first kappa shape index (κ1) is 20.7. The van der Waals surface area contributed by atoms with E-state index in [1.807, 2.05) is 16.7 Å². The molecule has 0 bridgehead atoms. The fourth-order valence-electron chi connectivity index (χ4n) is 2.91. The van der Waals surface area contributed by atoms with Crippen molar-refractivity contribution in [1.82, 2.24) is 14.8 Å². The lowest BCUT2D eigenvalue weighted by Crippen LogP contribution is -2.15. The van der Waals surface area contributed by atoms with Crippen molar-refractivity contribution in [3.05, 3.63) is 64.7 Å². The molecule has 0 radical (unpaired) electrons. The average molecular weight is 447 g/mol. The maximum absolute atomic E-state index is 13.7. The lowest BCUT2D eigenvalue weighted by molar-refractivity contribution is -0.113. The second-order valence-corrected chi connectivity index (χ2v) is 8.37. The van der Waals surface area contributed by atoms with Gasteiger partial charge in [-0.15, -0.1) is 10.2 Å². The van der Waals surface area contributed by atoms with Crippen molar-refractivity contribution in [1.29, 1.82) is 0 Å². The molecule has 6 nitrogen and oxygen atoms in total. The second-order valence-electron chi connectivity index (χ2n) is 7.02. The number of halogens is 2. The van der Waals surface area contributed by atoms with Gasteiger partial charge in [-0.1, -0.05) is 41.6 Å². The van der Waals surface area contributed by atoms with Crippen LogP contribution in [0.2, 0.25) is 5.02 Å². The van der Waals surface area contributed by atoms with Gasteiger partial charge in [0.2, 0.25) is 5.91 Å². The summed E-state index contributed by atoms with van der Waals surface area (Å²) < 4.78 is 21.5. The highest BCUT2D eigenvalue weighted by molar-refractivity contribution is 7.99. The van der Waals surface area contributed by atoms with Gasteiger partial charge in [0.1, 0.15) is 18.2 Å². The molecule has 1 amide bonds. The largest absolute Gasteiger partial charge is 0.484 e. The molecule has 1 aromatic heterocycles. The summed E-state index contributed by atoms with van der Waals surface area (Å²) in [6.45, 7) is 1.91. The standard InChI is InChI=1S/C21H20ClFN4O2S/c1-13-6-7-14(10-17(13)23)24-20(28)12-30-21-26-25-19(27(21)15-8-9-15)11-29-18-5-3-2-4-16(18)22/h2-7,10,15H,8-9,11-12H2,1H3,(H,24,28). The van der Waals surface area contributed by atoms with Crippen LogP contribution in [-0.2, 0) is 11.4 Å². The minimum Gasteiger partial charge on any atom is -0.484 e. The Hall–Kier alpha value is -2.58. The predicted molar refractivity (Wildman–Crippen MR) is 115 cm³/mol. The number of carbonyl (C=O) groups excluding carboxylic acids is 1. The summed E-state index contributed by atoms with van der Waals surface area (Å²) in [5.74, 6) is 0.843. The van der Waals surface area contributed by atoms with E-state index in [-0.39, 0.29) is 24.1 Å². The zero-order valence-corrected chi connectivity index (χ0v) is 17.8. The van der Waals surface area contributed by atoms with Crippen molar-refractivity contribution in [3.63, 3.8) is 0 Å². The molecular formula is C21H20ClFN4O2S. The van der Waals surface area contributed by atoms with Crippen LogP contribution in [0.3, 0.4) is 0 Å². The Morgan fingerprint density at radius 2 is 2.10 bits per heavy atom. The zero-order chi connectivity index (χ0) is 21.1. The van der Waals surface area contributed by atoms with E-state index in [1.54, 1.807) is 31.2 Å². The highest BCUT2D eigenvalue weighted by Gasteiger charge is 2.30. The summed E-state index contributed by atoms with van der Waals surface area (Å²) in [5.41, 5.74) is 0.965. The molecule has 0 unspecified atom stereocenters. The number of nitrogens with one attached hydrogen (secondary N) is 1. The molecule has 0 spiro atoms. The number of hydrogen-bond acceptors (Lipinski definition) is 5. The topological polar surface area (TPSA) is 69.0 Å². The number of benzene rings is 2. The lowest BCUT2D eigenvalue weighted by Gasteiger charge is -2.11. The van der Waals surface area contributed by atoms with Gasteiger partial charge in [-0.05, 0) is 49.6 Å². The molecule has 156 valence electrons. The Labute approximate surface area is 182 Å². The zero-order valence-electron chi connectivity index (χ0n) is 16.3. The normalized spacial score (nSPS) is 13.3. The van der Waals surface area contributed by atoms with Crippen LogP contribution in [-0.4, -0.2) is 26.4 Å². The molecule has 1 aliphatic carbocycles. The molecular weight excluding hydrogens is 427 g/mol. The SMILES string of the molecule is Cc1ccc(NC(=O)CSc2nnc(COc3ccccc3Cl)n2C2CC2)cc1F. The maximum atomic E-state index is 13.7. The van der Waals surface area contributed by atoms with E-state index in [1.165, 1.54) is 17.8 Å². The molecule has 1 saturated carbocycles. The summed E-state index contributed by atoms with van der Waals surface area (Å²) >= 11 is 7.44. The summed E-state index contributed by atoms with van der Waals surface area (Å²) in [4.78, 5) is 12.3. The van der Waals surface area contributed by atoms with Gasteiger partial charge < -0.3 is 10.1 Å². The number of hydrogen-bond donors (Lipinski definition) is 1. The Bertz CT molecular complexity index is 1070. The molecule has 0 atom stereocenters. The van der Waals surface area contributed by atoms with E-state index in [2.05, 4.69) is 15.5 Å². The first-order valence-corrected chi connectivity index (χ1v) is 10.9. The van der Waals surface area contributed by atoms with Crippen molar-refractivity contribution >= 4 is 35.0 Å². The molecule has 3 aromatic rings. The fourth-order valence-corrected chi connectivity index (χ4v) is 3.92. The highest BCUT2D eigenvalue weighted by atomic mass is 35.5. The van der Waals surface area contributed by atoms with Crippen LogP contribution in [0.5, 0.6) is 5.75 Å². The van der Waals surface area contributed by atoms with Gasteiger partial charge in [-0.25, -0.2) is 4.39 Å². The minimum absolute atomic E-state index is 0.145. The first-order valence-electron chi connectivity index (χ1n) is 9.51. The lowest BCUT2D eigenvalue weighted by atomic mass is 10.2. The van der Waals surface area contributed by atoms with Gasteiger partial charge >= 0.3 is 0 Å². The molecule has 2 aromatic carbocycles. The smallest absolute Gasteiger partial charge is 0.234 e. The maximum Gasteiger partial charge on any atom is 0.234 e. The molecule has 0 aliphatic heterocycles. The predicted octanol–water partition coefficient (Wildman–Crippen LogP) is 5.02. The van der Waals surface area contributed by atoms with E-state index < -0.39 is 0 Å². The number of aromatic nitrogens is 3. The highest BCUT2D eigenvalue weighted by Crippen LogP contribution is 2.39. The Morgan fingerprint density at radius 3 is 2.83 bits per heavy atom. The van der Waals surface area contributed by atoms with Crippen molar-refractivity contribution < 1.29 is 13.9 Å². The van der Waals surface area contributed by atoms with Gasteiger partial charge in [0.25, 0.3) is 0 Å². The van der Waals surface area contributed by atoms with Gasteiger partial charge in [-0.2, -0.15) is 0 Å². The number of thioether (sulfide) groups is 1. The van der Waals surface area contributed by atoms with E-state index >= 15 is 0 Å². The van der Waals surface area contributed by atoms with Crippen molar-refractivity contribution in [2.75, 3.05) is 11.1 Å². The van der Waals surface area contributed by atoms with Gasteiger partial charge in [0.15, 0.2) is 11.0 Å². The number of carbonyl (C=O) groups is 1. The fraction of sp³-hybridized carbons (Fsp3) is 0.286. The summed E-state index contributed by atoms with van der Waals surface area (Å²) in [5, 5.41) is 12.4. The van der Waals surface area contributed by atoms with Crippen molar-refractivity contribution in [2.45, 2.75) is 37.6 Å². The first-order chi connectivity index (χ1) is 14.5. The third kappa shape index (κ3) is 4.94. The summed E-state index contributed by atoms with van der Waals surface area (Å²) in [7, 11) is 0. The summed E-state index contributed by atoms with van der Waals surface area (Å²) in [6.07, 6.45) is 2.08. The van der Waals surface area contributed by atoms with Crippen molar-refractivity contribution in [2.24, 2.45) is 0 Å². The molecule has 1 aliphatic rings. The molecule has 1 fully saturated rings. The van der Waals surface area contributed by atoms with Crippen LogP contribution in [0.1, 0.15) is 30.3 Å². The van der Waals surface area contributed by atoms with Gasteiger partial charge in [-0.3, -0.25) is 9.36 Å². The Balaban J connectivity index is 1.39. The minimum atomic E-state index is -0.350. The van der Waals surface area contributed by atoms with E-state index in [0.29, 0.717) is 39.0 Å². The van der Waals surface area contributed by atoms with Crippen LogP contribution in [0.25, 0.3) is 0 Å². The second kappa shape index (κ2) is 9.06. The van der Waals surface area contributed by atoms with Gasteiger partial charge in [0, 0.05) is 11.7 Å². The Morgan fingerprint density at radius 1 is 1.30 bits per heavy atom. The number of aryl methyl sites for hydroxylation is 1. The molecule has 1 N–H and O–H groups in total. The third-order valence-corrected chi connectivity index (χ3v) is 5.88. The van der Waals surface area contributed by atoms with Crippen LogP contribution < -0.4 is 10.1 Å². The van der Waals surface area contributed by atoms with E-state index in [4.69, 9.17) is 16.3 Å². The third-order valence-electron chi connectivity index (χ3n) is 4.63. The van der Waals surface area contributed by atoms with E-state index in [9.17, 15) is 9.18 Å². The number of rotatable bonds is 8. The number of para-hydroxylation sites is 1. The molecule has 4 rings (SSSR count). The van der Waals surface area contributed by atoms with Crippen molar-refractivity contribution in [3.8, 4) is 5.75 Å². The average Bonchev–Trinajstić information content (AvgIpc) is 3.48. The molecule has 9 heteroatoms. The van der Waals surface area contributed by atoms with Crippen LogP contribution >= 0.6 is 23.4 Å². The number of amides is 1. The molecule has 1 heterocycles. The van der Waals surface area contributed by atoms with Crippen LogP contribution in [0, 0.1) is 12.7 Å². The van der Waals surface area contributed by atoms with Gasteiger partial charge in [0.05, 0.1) is 10.8 Å². The number of nitrogens with zero attached hydrogens (tertiary/aromatic N) is 3. The van der Waals surface area contributed by atoms with Crippen LogP contribution in [0.15, 0.2) is 47.6 Å². The van der Waals surface area contributed by atoms with E-state index in [0.717, 1.165) is 12.8 Å². The number of anilines is 1. The summed E-state index contributed by atoms with van der Waals surface area (Å²) in [6, 6.07) is 12.2. The van der Waals surface area contributed by atoms with Crippen LogP contribution in [0.4, 0.5) is 10.1 Å². The molecule has 30 heavy (non-hydrogen) atoms. The Kier molecular flexibility index (Phi) is 6.24. The quantitative estimate of drug-likeness (QED) is 0.492. The molecule has 0 saturated heterocycles.